The maximum Gasteiger partial charge on any atom is 0.0945 e. The van der Waals surface area contributed by atoms with Crippen LogP contribution in [0.4, 0.5) is 5.69 Å². The van der Waals surface area contributed by atoms with Gasteiger partial charge in [-0.1, -0.05) is 32.3 Å². The van der Waals surface area contributed by atoms with Crippen molar-refractivity contribution in [3.8, 4) is 0 Å². The van der Waals surface area contributed by atoms with Crippen LogP contribution in [0.25, 0.3) is 0 Å². The SMILES string of the molecule is CCCCCCOCC(O)CNc1ccc(C)cc1Br. The van der Waals surface area contributed by atoms with Crippen molar-refractivity contribution in [3.63, 3.8) is 0 Å². The monoisotopic (exact) mass is 343 g/mol. The number of anilines is 1. The van der Waals surface area contributed by atoms with Crippen LogP contribution in [0.2, 0.25) is 0 Å². The molecule has 1 rings (SSSR count). The Morgan fingerprint density at radius 2 is 2.10 bits per heavy atom. The third-order valence-electron chi connectivity index (χ3n) is 3.11. The summed E-state index contributed by atoms with van der Waals surface area (Å²) in [6, 6.07) is 6.11. The van der Waals surface area contributed by atoms with Crippen LogP contribution in [0.1, 0.15) is 38.2 Å². The first kappa shape index (κ1) is 17.5. The molecule has 1 aromatic carbocycles. The van der Waals surface area contributed by atoms with Crippen LogP contribution in [0.5, 0.6) is 0 Å². The summed E-state index contributed by atoms with van der Waals surface area (Å²) in [5.74, 6) is 0. The summed E-state index contributed by atoms with van der Waals surface area (Å²) in [6.07, 6.45) is 4.31. The molecule has 0 amide bonds. The van der Waals surface area contributed by atoms with E-state index in [9.17, 15) is 5.11 Å². The highest BCUT2D eigenvalue weighted by Crippen LogP contribution is 2.23. The van der Waals surface area contributed by atoms with Gasteiger partial charge in [-0.3, -0.25) is 0 Å². The van der Waals surface area contributed by atoms with E-state index in [4.69, 9.17) is 4.74 Å². The van der Waals surface area contributed by atoms with Crippen LogP contribution >= 0.6 is 15.9 Å². The number of ether oxygens (including phenoxy) is 1. The van der Waals surface area contributed by atoms with Gasteiger partial charge < -0.3 is 15.2 Å². The Morgan fingerprint density at radius 1 is 1.30 bits per heavy atom. The van der Waals surface area contributed by atoms with E-state index in [1.807, 2.05) is 12.1 Å². The van der Waals surface area contributed by atoms with E-state index in [1.54, 1.807) is 0 Å². The van der Waals surface area contributed by atoms with Gasteiger partial charge in [0.1, 0.15) is 0 Å². The maximum absolute atomic E-state index is 9.86. The molecule has 4 heteroatoms. The summed E-state index contributed by atoms with van der Waals surface area (Å²) in [5, 5.41) is 13.1. The Hall–Kier alpha value is -0.580. The van der Waals surface area contributed by atoms with Gasteiger partial charge in [-0.15, -0.1) is 0 Å². The fourth-order valence-corrected chi connectivity index (χ4v) is 2.53. The molecule has 1 aromatic rings. The normalized spacial score (nSPS) is 12.4. The zero-order chi connectivity index (χ0) is 14.8. The minimum Gasteiger partial charge on any atom is -0.389 e. The van der Waals surface area contributed by atoms with Crippen LogP contribution < -0.4 is 5.32 Å². The second-order valence-corrected chi connectivity index (χ2v) is 6.01. The number of rotatable bonds is 10. The Balaban J connectivity index is 2.14. The lowest BCUT2D eigenvalue weighted by molar-refractivity contribution is 0.0416. The number of hydrogen-bond donors (Lipinski definition) is 2. The highest BCUT2D eigenvalue weighted by Gasteiger charge is 2.06. The third kappa shape index (κ3) is 7.27. The first-order valence-corrected chi connectivity index (χ1v) is 8.18. The number of aliphatic hydroxyl groups is 1. The highest BCUT2D eigenvalue weighted by molar-refractivity contribution is 9.10. The van der Waals surface area contributed by atoms with E-state index in [2.05, 4.69) is 41.2 Å². The highest BCUT2D eigenvalue weighted by atomic mass is 79.9. The van der Waals surface area contributed by atoms with Crippen LogP contribution in [0.3, 0.4) is 0 Å². The van der Waals surface area contributed by atoms with Crippen LogP contribution in [0, 0.1) is 6.92 Å². The summed E-state index contributed by atoms with van der Waals surface area (Å²) >= 11 is 3.51. The van der Waals surface area contributed by atoms with Gasteiger partial charge in [-0.05, 0) is 47.0 Å². The Labute approximate surface area is 130 Å². The third-order valence-corrected chi connectivity index (χ3v) is 3.76. The quantitative estimate of drug-likeness (QED) is 0.627. The maximum atomic E-state index is 9.86. The van der Waals surface area contributed by atoms with E-state index >= 15 is 0 Å². The first-order valence-electron chi connectivity index (χ1n) is 7.39. The molecule has 114 valence electrons. The van der Waals surface area contributed by atoms with Crippen molar-refractivity contribution in [1.29, 1.82) is 0 Å². The Morgan fingerprint density at radius 3 is 2.80 bits per heavy atom. The van der Waals surface area contributed by atoms with E-state index in [-0.39, 0.29) is 0 Å². The number of unbranched alkanes of at least 4 members (excludes halogenated alkanes) is 3. The van der Waals surface area contributed by atoms with E-state index in [0.717, 1.165) is 23.2 Å². The van der Waals surface area contributed by atoms with Crippen molar-refractivity contribution >= 4 is 21.6 Å². The molecule has 0 fully saturated rings. The zero-order valence-corrected chi connectivity index (χ0v) is 14.1. The largest absolute Gasteiger partial charge is 0.389 e. The molecule has 0 bridgehead atoms. The van der Waals surface area contributed by atoms with E-state index < -0.39 is 6.10 Å². The first-order chi connectivity index (χ1) is 9.63. The Kier molecular flexibility index (Phi) is 8.90. The summed E-state index contributed by atoms with van der Waals surface area (Å²) < 4.78 is 6.50. The molecule has 0 heterocycles. The molecule has 1 atom stereocenters. The predicted molar refractivity (Wildman–Crippen MR) is 88.3 cm³/mol. The molecular formula is C16H26BrNO2. The summed E-state index contributed by atoms with van der Waals surface area (Å²) in [4.78, 5) is 0. The van der Waals surface area contributed by atoms with Gasteiger partial charge >= 0.3 is 0 Å². The summed E-state index contributed by atoms with van der Waals surface area (Å²) in [7, 11) is 0. The molecule has 0 aromatic heterocycles. The van der Waals surface area contributed by atoms with Gasteiger partial charge in [-0.25, -0.2) is 0 Å². The molecule has 0 aliphatic rings. The van der Waals surface area contributed by atoms with Gasteiger partial charge in [0.2, 0.25) is 0 Å². The minimum atomic E-state index is -0.477. The zero-order valence-electron chi connectivity index (χ0n) is 12.5. The Bertz CT molecular complexity index is 385. The van der Waals surface area contributed by atoms with Crippen molar-refractivity contribution in [3.05, 3.63) is 28.2 Å². The topological polar surface area (TPSA) is 41.5 Å². The van der Waals surface area contributed by atoms with Crippen molar-refractivity contribution in [2.24, 2.45) is 0 Å². The molecule has 0 aliphatic carbocycles. The van der Waals surface area contributed by atoms with Crippen molar-refractivity contribution in [2.45, 2.75) is 45.6 Å². The second-order valence-electron chi connectivity index (χ2n) is 5.15. The fourth-order valence-electron chi connectivity index (χ4n) is 1.90. The smallest absolute Gasteiger partial charge is 0.0945 e. The van der Waals surface area contributed by atoms with Crippen molar-refractivity contribution in [1.82, 2.24) is 0 Å². The number of halogens is 1. The van der Waals surface area contributed by atoms with Crippen molar-refractivity contribution < 1.29 is 9.84 Å². The molecular weight excluding hydrogens is 318 g/mol. The van der Waals surface area contributed by atoms with Gasteiger partial charge in [0.25, 0.3) is 0 Å². The lowest BCUT2D eigenvalue weighted by Gasteiger charge is -2.14. The average molecular weight is 344 g/mol. The minimum absolute atomic E-state index is 0.391. The molecule has 0 spiro atoms. The van der Waals surface area contributed by atoms with Gasteiger partial charge in [0.05, 0.1) is 12.7 Å². The summed E-state index contributed by atoms with van der Waals surface area (Å²) in [5.41, 5.74) is 2.20. The standard InChI is InChI=1S/C16H26BrNO2/c1-3-4-5-6-9-20-12-14(19)11-18-16-8-7-13(2)10-15(16)17/h7-8,10,14,18-19H,3-6,9,11-12H2,1-2H3. The molecule has 20 heavy (non-hydrogen) atoms. The van der Waals surface area contributed by atoms with Crippen LogP contribution in [-0.4, -0.2) is 31.0 Å². The lowest BCUT2D eigenvalue weighted by atomic mass is 10.2. The molecule has 3 nitrogen and oxygen atoms in total. The second kappa shape index (κ2) is 10.2. The lowest BCUT2D eigenvalue weighted by Crippen LogP contribution is -2.25. The number of aliphatic hydroxyl groups excluding tert-OH is 1. The number of hydrogen-bond acceptors (Lipinski definition) is 3. The van der Waals surface area contributed by atoms with Gasteiger partial charge in [-0.2, -0.15) is 0 Å². The number of benzene rings is 1. The molecule has 0 radical (unpaired) electrons. The molecule has 0 aliphatic heterocycles. The van der Waals surface area contributed by atoms with Crippen LogP contribution in [-0.2, 0) is 4.74 Å². The van der Waals surface area contributed by atoms with Gasteiger partial charge in [0, 0.05) is 23.3 Å². The fraction of sp³-hybridized carbons (Fsp3) is 0.625. The predicted octanol–water partition coefficient (Wildman–Crippen LogP) is 4.13. The molecule has 0 saturated carbocycles. The average Bonchev–Trinajstić information content (AvgIpc) is 2.41. The number of aryl methyl sites for hydroxylation is 1. The molecule has 0 saturated heterocycles. The van der Waals surface area contributed by atoms with Crippen molar-refractivity contribution in [2.75, 3.05) is 25.1 Å². The van der Waals surface area contributed by atoms with Gasteiger partial charge in [0.15, 0.2) is 0 Å². The molecule has 1 unspecified atom stereocenters. The summed E-state index contributed by atoms with van der Waals surface area (Å²) in [6.45, 7) is 5.87. The molecule has 2 N–H and O–H groups in total. The number of nitrogens with one attached hydrogen (secondary N) is 1. The van der Waals surface area contributed by atoms with Crippen LogP contribution in [0.15, 0.2) is 22.7 Å². The van der Waals surface area contributed by atoms with E-state index in [0.29, 0.717) is 13.2 Å². The van der Waals surface area contributed by atoms with E-state index in [1.165, 1.54) is 24.8 Å².